The average Bonchev–Trinajstić information content (AvgIpc) is 3.16. The zero-order valence-electron chi connectivity index (χ0n) is 13.3. The molecule has 0 atom stereocenters. The molecule has 1 aromatic carbocycles. The van der Waals surface area contributed by atoms with Crippen molar-refractivity contribution in [2.24, 2.45) is 11.3 Å². The maximum atomic E-state index is 12.4. The Hall–Kier alpha value is -1.07. The van der Waals surface area contributed by atoms with E-state index >= 15 is 0 Å². The molecule has 2 N–H and O–H groups in total. The largest absolute Gasteiger partial charge is 0.383 e. The summed E-state index contributed by atoms with van der Waals surface area (Å²) in [6.07, 6.45) is 2.44. The van der Waals surface area contributed by atoms with E-state index in [-0.39, 0.29) is 6.04 Å². The second kappa shape index (κ2) is 5.97. The number of sulfonamides is 1. The van der Waals surface area contributed by atoms with Crippen LogP contribution in [0.3, 0.4) is 0 Å². The fourth-order valence-electron chi connectivity index (χ4n) is 2.61. The Balaban J connectivity index is 2.18. The summed E-state index contributed by atoms with van der Waals surface area (Å²) in [5, 5.41) is 3.36. The van der Waals surface area contributed by atoms with Gasteiger partial charge in [-0.1, -0.05) is 26.0 Å². The Morgan fingerprint density at radius 3 is 2.29 bits per heavy atom. The second-order valence-electron chi connectivity index (χ2n) is 6.64. The van der Waals surface area contributed by atoms with Crippen LogP contribution in [0.4, 0.5) is 5.69 Å². The Labute approximate surface area is 128 Å². The van der Waals surface area contributed by atoms with Crippen LogP contribution in [0, 0.1) is 11.3 Å². The first-order chi connectivity index (χ1) is 9.77. The first-order valence-electron chi connectivity index (χ1n) is 7.62. The third-order valence-electron chi connectivity index (χ3n) is 4.32. The van der Waals surface area contributed by atoms with E-state index in [0.717, 1.165) is 6.54 Å². The van der Waals surface area contributed by atoms with E-state index in [1.165, 1.54) is 12.8 Å². The third-order valence-corrected chi connectivity index (χ3v) is 6.03. The van der Waals surface area contributed by atoms with Gasteiger partial charge in [0.1, 0.15) is 4.90 Å². The quantitative estimate of drug-likeness (QED) is 0.813. The summed E-state index contributed by atoms with van der Waals surface area (Å²) in [6.45, 7) is 8.95. The summed E-state index contributed by atoms with van der Waals surface area (Å²) >= 11 is 0. The summed E-state index contributed by atoms with van der Waals surface area (Å²) in [6, 6.07) is 7.00. The molecule has 1 saturated carbocycles. The monoisotopic (exact) mass is 310 g/mol. The lowest BCUT2D eigenvalue weighted by Gasteiger charge is -2.22. The van der Waals surface area contributed by atoms with Crippen LogP contribution in [0.15, 0.2) is 29.2 Å². The van der Waals surface area contributed by atoms with E-state index in [1.807, 2.05) is 26.0 Å². The van der Waals surface area contributed by atoms with E-state index < -0.39 is 10.0 Å². The van der Waals surface area contributed by atoms with Crippen LogP contribution in [-0.2, 0) is 10.0 Å². The van der Waals surface area contributed by atoms with Crippen LogP contribution in [0.1, 0.15) is 40.5 Å². The molecule has 2 rings (SSSR count). The van der Waals surface area contributed by atoms with Gasteiger partial charge in [-0.05, 0) is 50.2 Å². The van der Waals surface area contributed by atoms with Crippen LogP contribution >= 0.6 is 0 Å². The van der Waals surface area contributed by atoms with Crippen molar-refractivity contribution in [2.45, 2.75) is 51.5 Å². The van der Waals surface area contributed by atoms with Gasteiger partial charge < -0.3 is 5.32 Å². The molecule has 5 heteroatoms. The summed E-state index contributed by atoms with van der Waals surface area (Å²) in [4.78, 5) is 0.332. The van der Waals surface area contributed by atoms with Gasteiger partial charge in [-0.2, -0.15) is 0 Å². The molecule has 0 bridgehead atoms. The molecule has 0 aromatic heterocycles. The average molecular weight is 310 g/mol. The molecule has 0 saturated heterocycles. The number of anilines is 1. The van der Waals surface area contributed by atoms with Crippen molar-refractivity contribution in [3.05, 3.63) is 24.3 Å². The molecule has 0 aliphatic heterocycles. The van der Waals surface area contributed by atoms with Crippen molar-refractivity contribution in [3.8, 4) is 0 Å². The maximum Gasteiger partial charge on any atom is 0.242 e. The van der Waals surface area contributed by atoms with Gasteiger partial charge in [0.25, 0.3) is 0 Å². The molecule has 1 aliphatic carbocycles. The highest BCUT2D eigenvalue weighted by atomic mass is 32.2. The van der Waals surface area contributed by atoms with Crippen molar-refractivity contribution in [1.82, 2.24) is 4.72 Å². The SMILES string of the molecule is CC(C)NS(=O)(=O)c1ccccc1NCC1(C(C)C)CC1. The molecule has 0 unspecified atom stereocenters. The van der Waals surface area contributed by atoms with Gasteiger partial charge in [-0.3, -0.25) is 0 Å². The minimum Gasteiger partial charge on any atom is -0.383 e. The van der Waals surface area contributed by atoms with Gasteiger partial charge in [0.05, 0.1) is 5.69 Å². The highest BCUT2D eigenvalue weighted by molar-refractivity contribution is 7.89. The Morgan fingerprint density at radius 2 is 1.76 bits per heavy atom. The number of nitrogens with one attached hydrogen (secondary N) is 2. The number of benzene rings is 1. The summed E-state index contributed by atoms with van der Waals surface area (Å²) < 4.78 is 27.4. The highest BCUT2D eigenvalue weighted by Gasteiger charge is 2.45. The number of hydrogen-bond donors (Lipinski definition) is 2. The predicted octanol–water partition coefficient (Wildman–Crippen LogP) is 3.22. The smallest absolute Gasteiger partial charge is 0.242 e. The topological polar surface area (TPSA) is 58.2 Å². The molecule has 118 valence electrons. The molecule has 1 aromatic rings. The van der Waals surface area contributed by atoms with E-state index in [0.29, 0.717) is 21.9 Å². The van der Waals surface area contributed by atoms with E-state index in [1.54, 1.807) is 12.1 Å². The van der Waals surface area contributed by atoms with Gasteiger partial charge in [0.2, 0.25) is 10.0 Å². The van der Waals surface area contributed by atoms with Crippen molar-refractivity contribution in [3.63, 3.8) is 0 Å². The normalized spacial score (nSPS) is 17.2. The lowest BCUT2D eigenvalue weighted by molar-refractivity contribution is 0.380. The summed E-state index contributed by atoms with van der Waals surface area (Å²) in [7, 11) is -3.47. The van der Waals surface area contributed by atoms with Gasteiger partial charge >= 0.3 is 0 Å². The first-order valence-corrected chi connectivity index (χ1v) is 9.10. The molecular weight excluding hydrogens is 284 g/mol. The number of hydrogen-bond acceptors (Lipinski definition) is 3. The van der Waals surface area contributed by atoms with Crippen molar-refractivity contribution in [1.29, 1.82) is 0 Å². The molecular formula is C16H26N2O2S. The lowest BCUT2D eigenvalue weighted by Crippen LogP contribution is -2.31. The zero-order chi connectivity index (χ0) is 15.7. The third kappa shape index (κ3) is 3.77. The Morgan fingerprint density at radius 1 is 1.14 bits per heavy atom. The van der Waals surface area contributed by atoms with Gasteiger partial charge in [-0.25, -0.2) is 13.1 Å². The predicted molar refractivity (Wildman–Crippen MR) is 86.9 cm³/mol. The van der Waals surface area contributed by atoms with E-state index in [9.17, 15) is 8.42 Å². The summed E-state index contributed by atoms with van der Waals surface area (Å²) in [5.74, 6) is 0.613. The van der Waals surface area contributed by atoms with Crippen molar-refractivity contribution < 1.29 is 8.42 Å². The van der Waals surface area contributed by atoms with E-state index in [2.05, 4.69) is 23.9 Å². The van der Waals surface area contributed by atoms with E-state index in [4.69, 9.17) is 0 Å². The molecule has 0 amide bonds. The molecule has 4 nitrogen and oxygen atoms in total. The van der Waals surface area contributed by atoms with Crippen LogP contribution in [-0.4, -0.2) is 21.0 Å². The van der Waals surface area contributed by atoms with Crippen LogP contribution in [0.25, 0.3) is 0 Å². The Kier molecular flexibility index (Phi) is 4.63. The molecule has 21 heavy (non-hydrogen) atoms. The fourth-order valence-corrected chi connectivity index (χ4v) is 4.05. The van der Waals surface area contributed by atoms with Gasteiger partial charge in [0.15, 0.2) is 0 Å². The Bertz CT molecular complexity index is 590. The van der Waals surface area contributed by atoms with Crippen LogP contribution < -0.4 is 10.0 Å². The molecule has 0 radical (unpaired) electrons. The van der Waals surface area contributed by atoms with Gasteiger partial charge in [-0.15, -0.1) is 0 Å². The first kappa shape index (κ1) is 16.3. The lowest BCUT2D eigenvalue weighted by atomic mass is 9.92. The minimum absolute atomic E-state index is 0.117. The molecule has 1 fully saturated rings. The van der Waals surface area contributed by atoms with Crippen LogP contribution in [0.5, 0.6) is 0 Å². The van der Waals surface area contributed by atoms with Crippen molar-refractivity contribution in [2.75, 3.05) is 11.9 Å². The standard InChI is InChI=1S/C16H26N2O2S/c1-12(2)16(9-10-16)11-17-14-7-5-6-8-15(14)21(19,20)18-13(3)4/h5-8,12-13,17-18H,9-11H2,1-4H3. The minimum atomic E-state index is -3.47. The number of para-hydroxylation sites is 1. The maximum absolute atomic E-state index is 12.4. The molecule has 0 spiro atoms. The number of rotatable bonds is 7. The van der Waals surface area contributed by atoms with Gasteiger partial charge in [0, 0.05) is 12.6 Å². The highest BCUT2D eigenvalue weighted by Crippen LogP contribution is 2.51. The molecule has 1 aliphatic rings. The molecule has 0 heterocycles. The van der Waals surface area contributed by atoms with Crippen LogP contribution in [0.2, 0.25) is 0 Å². The van der Waals surface area contributed by atoms with Crippen molar-refractivity contribution >= 4 is 15.7 Å². The fraction of sp³-hybridized carbons (Fsp3) is 0.625. The second-order valence-corrected chi connectivity index (χ2v) is 8.33. The summed E-state index contributed by atoms with van der Waals surface area (Å²) in [5.41, 5.74) is 1.03. The zero-order valence-corrected chi connectivity index (χ0v) is 14.1.